The molecule has 0 unspecified atom stereocenters. The van der Waals surface area contributed by atoms with E-state index in [4.69, 9.17) is 16.1 Å². The zero-order chi connectivity index (χ0) is 24.7. The monoisotopic (exact) mass is 487 g/mol. The highest BCUT2D eigenvalue weighted by Crippen LogP contribution is 2.33. The number of aromatic nitrogens is 1. The summed E-state index contributed by atoms with van der Waals surface area (Å²) in [4.78, 5) is 19.1. The molecule has 182 valence electrons. The van der Waals surface area contributed by atoms with Crippen LogP contribution in [0.15, 0.2) is 53.1 Å². The van der Waals surface area contributed by atoms with Crippen molar-refractivity contribution >= 4 is 29.2 Å². The van der Waals surface area contributed by atoms with Gasteiger partial charge in [-0.15, -0.1) is 0 Å². The Hall–Kier alpha value is -3.10. The van der Waals surface area contributed by atoms with Gasteiger partial charge in [0.05, 0.1) is 12.1 Å². The summed E-state index contributed by atoms with van der Waals surface area (Å²) in [5, 5.41) is 7.78. The van der Waals surface area contributed by atoms with Crippen molar-refractivity contribution in [1.29, 1.82) is 0 Å². The number of nitrogens with zero attached hydrogens (tertiary/aromatic N) is 4. The Morgan fingerprint density at radius 3 is 2.41 bits per heavy atom. The van der Waals surface area contributed by atoms with Crippen molar-refractivity contribution in [3.63, 3.8) is 0 Å². The molecule has 0 saturated heterocycles. The first-order valence-corrected chi connectivity index (χ1v) is 11.7. The number of likely N-dealkylation sites (N-methyl/N-ethyl adjacent to an activating group) is 1. The molecule has 0 atom stereocenters. The normalized spacial score (nSPS) is 11.0. The average molecular weight is 488 g/mol. The fraction of sp³-hybridized carbons (Fsp3) is 0.360. The highest BCUT2D eigenvalue weighted by atomic mass is 35.5. The molecule has 7 nitrogen and oxygen atoms in total. The quantitative estimate of drug-likeness (QED) is 0.404. The Bertz CT molecular complexity index is 1080. The van der Waals surface area contributed by atoms with Gasteiger partial charge in [-0.05, 0) is 70.4 Å². The van der Waals surface area contributed by atoms with E-state index >= 15 is 0 Å². The summed E-state index contributed by atoms with van der Waals surface area (Å²) in [5.41, 5.74) is 2.70. The highest BCUT2D eigenvalue weighted by Gasteiger charge is 2.25. The minimum atomic E-state index is -0.328. The van der Waals surface area contributed by atoms with Crippen LogP contribution >= 0.6 is 11.6 Å². The first kappa shape index (κ1) is 25.5. The smallest absolute Gasteiger partial charge is 0.322 e. The number of anilines is 2. The second-order valence-corrected chi connectivity index (χ2v) is 8.60. The van der Waals surface area contributed by atoms with Crippen LogP contribution in [0, 0.1) is 5.82 Å². The number of halogens is 2. The third kappa shape index (κ3) is 6.48. The third-order valence-electron chi connectivity index (χ3n) is 5.46. The van der Waals surface area contributed by atoms with Gasteiger partial charge in [0, 0.05) is 42.5 Å². The zero-order valence-electron chi connectivity index (χ0n) is 20.0. The molecule has 0 bridgehead atoms. The van der Waals surface area contributed by atoms with Gasteiger partial charge in [0.15, 0.2) is 0 Å². The Morgan fingerprint density at radius 1 is 1.09 bits per heavy atom. The summed E-state index contributed by atoms with van der Waals surface area (Å²) < 4.78 is 19.3. The van der Waals surface area contributed by atoms with Gasteiger partial charge in [0.2, 0.25) is 5.88 Å². The van der Waals surface area contributed by atoms with Crippen molar-refractivity contribution in [2.24, 2.45) is 0 Å². The molecule has 0 radical (unpaired) electrons. The van der Waals surface area contributed by atoms with Crippen molar-refractivity contribution in [1.82, 2.24) is 15.0 Å². The number of hydrogen-bond donors (Lipinski definition) is 1. The number of benzene rings is 2. The summed E-state index contributed by atoms with van der Waals surface area (Å²) in [7, 11) is 3.91. The lowest BCUT2D eigenvalue weighted by atomic mass is 10.1. The number of hydrogen-bond acceptors (Lipinski definition) is 5. The fourth-order valence-electron chi connectivity index (χ4n) is 3.57. The summed E-state index contributed by atoms with van der Waals surface area (Å²) in [6, 6.07) is 12.9. The molecule has 34 heavy (non-hydrogen) atoms. The Morgan fingerprint density at radius 2 is 1.79 bits per heavy atom. The predicted octanol–water partition coefficient (Wildman–Crippen LogP) is 5.58. The summed E-state index contributed by atoms with van der Waals surface area (Å²) in [6.45, 7) is 6.90. The molecule has 1 N–H and O–H groups in total. The summed E-state index contributed by atoms with van der Waals surface area (Å²) in [5.74, 6) is 0.279. The van der Waals surface area contributed by atoms with Crippen molar-refractivity contribution in [2.45, 2.75) is 20.4 Å². The number of carbonyl (C=O) groups excluding carboxylic acids is 1. The van der Waals surface area contributed by atoms with E-state index in [1.54, 1.807) is 41.3 Å². The Labute approximate surface area is 205 Å². The number of rotatable bonds is 10. The van der Waals surface area contributed by atoms with Gasteiger partial charge in [-0.25, -0.2) is 9.18 Å². The SMILES string of the molecule is CCN(CC)c1onc(-c2ccc(F)cc2)c1CN(CCN(C)C)C(=O)Nc1cccc(Cl)c1. The molecule has 0 saturated carbocycles. The third-order valence-corrected chi connectivity index (χ3v) is 5.70. The van der Waals surface area contributed by atoms with Crippen LogP contribution in [-0.2, 0) is 6.54 Å². The van der Waals surface area contributed by atoms with Crippen LogP contribution in [0.4, 0.5) is 20.8 Å². The number of nitrogens with one attached hydrogen (secondary N) is 1. The van der Waals surface area contributed by atoms with Gasteiger partial charge in [-0.3, -0.25) is 0 Å². The highest BCUT2D eigenvalue weighted by molar-refractivity contribution is 6.30. The van der Waals surface area contributed by atoms with Gasteiger partial charge in [0.25, 0.3) is 0 Å². The second kappa shape index (κ2) is 11.9. The van der Waals surface area contributed by atoms with Crippen LogP contribution in [-0.4, -0.2) is 61.3 Å². The molecule has 1 aromatic heterocycles. The number of urea groups is 1. The Kier molecular flexibility index (Phi) is 8.90. The number of carbonyl (C=O) groups is 1. The van der Waals surface area contributed by atoms with E-state index in [1.165, 1.54) is 12.1 Å². The van der Waals surface area contributed by atoms with Crippen molar-refractivity contribution in [2.75, 3.05) is 50.5 Å². The molecule has 2 amide bonds. The first-order chi connectivity index (χ1) is 16.3. The van der Waals surface area contributed by atoms with E-state index in [9.17, 15) is 9.18 Å². The predicted molar refractivity (Wildman–Crippen MR) is 135 cm³/mol. The average Bonchev–Trinajstić information content (AvgIpc) is 3.21. The van der Waals surface area contributed by atoms with Crippen LogP contribution in [0.2, 0.25) is 5.02 Å². The summed E-state index contributed by atoms with van der Waals surface area (Å²) >= 11 is 6.09. The molecule has 0 aliphatic rings. The topological polar surface area (TPSA) is 64.9 Å². The minimum Gasteiger partial charge on any atom is -0.341 e. The van der Waals surface area contributed by atoms with Gasteiger partial charge >= 0.3 is 6.03 Å². The van der Waals surface area contributed by atoms with Crippen molar-refractivity contribution < 1.29 is 13.7 Å². The van der Waals surface area contributed by atoms with Gasteiger partial charge in [-0.1, -0.05) is 22.8 Å². The van der Waals surface area contributed by atoms with Crippen molar-refractivity contribution in [3.8, 4) is 11.3 Å². The molecular formula is C25H31ClFN5O2. The first-order valence-electron chi connectivity index (χ1n) is 11.3. The van der Waals surface area contributed by atoms with Gasteiger partial charge < -0.3 is 24.5 Å². The molecule has 3 rings (SSSR count). The number of amides is 2. The second-order valence-electron chi connectivity index (χ2n) is 8.16. The molecular weight excluding hydrogens is 457 g/mol. The molecule has 0 aliphatic carbocycles. The lowest BCUT2D eigenvalue weighted by Crippen LogP contribution is -2.39. The molecule has 0 spiro atoms. The summed E-state index contributed by atoms with van der Waals surface area (Å²) in [6.07, 6.45) is 0. The lowest BCUT2D eigenvalue weighted by Gasteiger charge is -2.26. The maximum atomic E-state index is 13.5. The van der Waals surface area contributed by atoms with E-state index in [0.717, 1.165) is 11.1 Å². The molecule has 9 heteroatoms. The molecule has 1 heterocycles. The van der Waals surface area contributed by atoms with Crippen LogP contribution in [0.25, 0.3) is 11.3 Å². The van der Waals surface area contributed by atoms with Crippen LogP contribution in [0.3, 0.4) is 0 Å². The minimum absolute atomic E-state index is 0.263. The van der Waals surface area contributed by atoms with Crippen LogP contribution in [0.1, 0.15) is 19.4 Å². The zero-order valence-corrected chi connectivity index (χ0v) is 20.8. The van der Waals surface area contributed by atoms with E-state index in [0.29, 0.717) is 48.5 Å². The maximum absolute atomic E-state index is 13.5. The van der Waals surface area contributed by atoms with Crippen LogP contribution in [0.5, 0.6) is 0 Å². The Balaban J connectivity index is 1.97. The van der Waals surface area contributed by atoms with E-state index in [1.807, 2.05) is 37.7 Å². The molecule has 0 aliphatic heterocycles. The van der Waals surface area contributed by atoms with E-state index in [-0.39, 0.29) is 18.4 Å². The fourth-order valence-corrected chi connectivity index (χ4v) is 3.76. The molecule has 3 aromatic rings. The lowest BCUT2D eigenvalue weighted by molar-refractivity contribution is 0.202. The maximum Gasteiger partial charge on any atom is 0.322 e. The largest absolute Gasteiger partial charge is 0.341 e. The molecule has 0 fully saturated rings. The van der Waals surface area contributed by atoms with E-state index in [2.05, 4.69) is 10.5 Å². The van der Waals surface area contributed by atoms with Gasteiger partial charge in [0.1, 0.15) is 11.5 Å². The van der Waals surface area contributed by atoms with Crippen LogP contribution < -0.4 is 10.2 Å². The standard InChI is InChI=1S/C25H31ClFN5O2/c1-5-31(6-2)24-22(23(29-34-24)18-10-12-20(27)13-11-18)17-32(15-14-30(3)4)25(33)28-21-9-7-8-19(26)16-21/h7-13,16H,5-6,14-15,17H2,1-4H3,(H,28,33). The van der Waals surface area contributed by atoms with E-state index < -0.39 is 0 Å². The molecule has 2 aromatic carbocycles. The van der Waals surface area contributed by atoms with Gasteiger partial charge in [-0.2, -0.15) is 0 Å². The van der Waals surface area contributed by atoms with Crippen molar-refractivity contribution in [3.05, 3.63) is 64.9 Å².